The Bertz CT molecular complexity index is 902. The van der Waals surface area contributed by atoms with Crippen molar-refractivity contribution in [3.8, 4) is 6.07 Å². The molecule has 0 aliphatic heterocycles. The topological polar surface area (TPSA) is 54.5 Å². The lowest BCUT2D eigenvalue weighted by Gasteiger charge is -2.11. The molecule has 0 N–H and O–H groups in total. The van der Waals surface area contributed by atoms with E-state index in [4.69, 9.17) is 0 Å². The number of hydrogen-bond acceptors (Lipinski definition) is 5. The van der Waals surface area contributed by atoms with Gasteiger partial charge in [0.25, 0.3) is 0 Å². The van der Waals surface area contributed by atoms with Gasteiger partial charge in [0.05, 0.1) is 6.07 Å². The van der Waals surface area contributed by atoms with Crippen molar-refractivity contribution in [1.29, 1.82) is 5.26 Å². The molecule has 0 spiro atoms. The number of thiophene rings is 1. The summed E-state index contributed by atoms with van der Waals surface area (Å²) in [7, 11) is 0. The van der Waals surface area contributed by atoms with Crippen molar-refractivity contribution < 1.29 is 0 Å². The van der Waals surface area contributed by atoms with E-state index in [9.17, 15) is 5.26 Å². The molecule has 1 aromatic carbocycles. The average molecular weight is 381 g/mol. The van der Waals surface area contributed by atoms with E-state index < -0.39 is 0 Å². The molecule has 0 saturated heterocycles. The molecular weight excluding hydrogens is 360 g/mol. The van der Waals surface area contributed by atoms with E-state index in [1.807, 2.05) is 0 Å². The second kappa shape index (κ2) is 7.65. The van der Waals surface area contributed by atoms with Crippen molar-refractivity contribution in [2.24, 2.45) is 0 Å². The van der Waals surface area contributed by atoms with Gasteiger partial charge in [-0.3, -0.25) is 0 Å². The molecule has 1 fully saturated rings. The lowest BCUT2D eigenvalue weighted by atomic mass is 10.1. The average Bonchev–Trinajstić information content (AvgIpc) is 3.20. The van der Waals surface area contributed by atoms with Crippen molar-refractivity contribution in [3.63, 3.8) is 0 Å². The Labute approximate surface area is 161 Å². The van der Waals surface area contributed by atoms with Gasteiger partial charge in [0, 0.05) is 17.3 Å². The molecule has 3 aromatic rings. The first-order valence-corrected chi connectivity index (χ1v) is 10.6. The van der Waals surface area contributed by atoms with E-state index in [0.717, 1.165) is 23.8 Å². The first kappa shape index (κ1) is 17.3. The normalized spacial score (nSPS) is 14.9. The summed E-state index contributed by atoms with van der Waals surface area (Å²) in [4.78, 5) is 1.30. The van der Waals surface area contributed by atoms with Crippen LogP contribution in [-0.2, 0) is 12.8 Å². The standard InChI is InChI=1S/C20H20N4S2/c1-14-4-6-15(7-5-14)11-18(13-21)26-20-23-22-19(24(20)16-8-9-16)12-17-3-2-10-25-17/h2-7,10,16,18H,8-9,11-12H2,1H3/t18-/m0/s1. The van der Waals surface area contributed by atoms with E-state index in [0.29, 0.717) is 6.04 Å². The predicted molar refractivity (Wildman–Crippen MR) is 106 cm³/mol. The third-order valence-electron chi connectivity index (χ3n) is 4.49. The maximum atomic E-state index is 9.64. The van der Waals surface area contributed by atoms with Crippen molar-refractivity contribution in [2.75, 3.05) is 0 Å². The minimum absolute atomic E-state index is 0.158. The molecule has 0 amide bonds. The Morgan fingerprint density at radius 3 is 2.73 bits per heavy atom. The molecule has 0 bridgehead atoms. The zero-order valence-corrected chi connectivity index (χ0v) is 16.3. The summed E-state index contributed by atoms with van der Waals surface area (Å²) < 4.78 is 2.27. The second-order valence-corrected chi connectivity index (χ2v) is 8.88. The Hall–Kier alpha value is -2.10. The number of nitrogens with zero attached hydrogens (tertiary/aromatic N) is 4. The number of aryl methyl sites for hydroxylation is 1. The van der Waals surface area contributed by atoms with Crippen molar-refractivity contribution in [1.82, 2.24) is 14.8 Å². The molecule has 132 valence electrons. The van der Waals surface area contributed by atoms with E-state index in [1.54, 1.807) is 23.1 Å². The van der Waals surface area contributed by atoms with E-state index in [-0.39, 0.29) is 5.25 Å². The molecule has 26 heavy (non-hydrogen) atoms. The number of nitriles is 1. The summed E-state index contributed by atoms with van der Waals surface area (Å²) in [6, 6.07) is 15.6. The van der Waals surface area contributed by atoms with Crippen LogP contribution < -0.4 is 0 Å². The molecule has 2 aromatic heterocycles. The van der Waals surface area contributed by atoms with Crippen molar-refractivity contribution in [2.45, 2.75) is 49.1 Å². The van der Waals surface area contributed by atoms with Gasteiger partial charge in [-0.15, -0.1) is 21.5 Å². The minimum Gasteiger partial charge on any atom is -0.303 e. The van der Waals surface area contributed by atoms with Crippen LogP contribution in [0.3, 0.4) is 0 Å². The van der Waals surface area contributed by atoms with Gasteiger partial charge in [0.1, 0.15) is 11.1 Å². The molecule has 1 atom stereocenters. The van der Waals surface area contributed by atoms with Crippen LogP contribution in [0.4, 0.5) is 0 Å². The molecule has 1 aliphatic carbocycles. The van der Waals surface area contributed by atoms with Crippen LogP contribution in [-0.4, -0.2) is 20.0 Å². The number of thioether (sulfide) groups is 1. The zero-order valence-electron chi connectivity index (χ0n) is 14.6. The first-order chi connectivity index (χ1) is 12.7. The van der Waals surface area contributed by atoms with Crippen molar-refractivity contribution >= 4 is 23.1 Å². The van der Waals surface area contributed by atoms with Gasteiger partial charge in [0.15, 0.2) is 5.16 Å². The monoisotopic (exact) mass is 380 g/mol. The maximum absolute atomic E-state index is 9.64. The Kier molecular flexibility index (Phi) is 5.09. The molecule has 4 rings (SSSR count). The molecule has 6 heteroatoms. The van der Waals surface area contributed by atoms with Crippen LogP contribution in [0.5, 0.6) is 0 Å². The van der Waals surface area contributed by atoms with Gasteiger partial charge in [-0.2, -0.15) is 5.26 Å². The highest BCUT2D eigenvalue weighted by molar-refractivity contribution is 8.00. The highest BCUT2D eigenvalue weighted by atomic mass is 32.2. The lowest BCUT2D eigenvalue weighted by Crippen LogP contribution is -2.08. The van der Waals surface area contributed by atoms with Crippen LogP contribution in [0.25, 0.3) is 0 Å². The minimum atomic E-state index is -0.158. The third kappa shape index (κ3) is 4.00. The summed E-state index contributed by atoms with van der Waals surface area (Å²) in [5, 5.41) is 21.3. The Morgan fingerprint density at radius 2 is 2.08 bits per heavy atom. The largest absolute Gasteiger partial charge is 0.303 e. The second-order valence-electron chi connectivity index (χ2n) is 6.68. The molecular formula is C20H20N4S2. The van der Waals surface area contributed by atoms with Gasteiger partial charge in [-0.1, -0.05) is 47.7 Å². The molecule has 0 unspecified atom stereocenters. The van der Waals surface area contributed by atoms with Crippen LogP contribution in [0.1, 0.15) is 40.7 Å². The van der Waals surface area contributed by atoms with Crippen LogP contribution >= 0.6 is 23.1 Å². The molecule has 0 radical (unpaired) electrons. The molecule has 2 heterocycles. The van der Waals surface area contributed by atoms with Gasteiger partial charge < -0.3 is 4.57 Å². The molecule has 1 saturated carbocycles. The summed E-state index contributed by atoms with van der Waals surface area (Å²) in [6.07, 6.45) is 3.90. The predicted octanol–water partition coefficient (Wildman–Crippen LogP) is 4.80. The molecule has 1 aliphatic rings. The Balaban J connectivity index is 1.52. The van der Waals surface area contributed by atoms with Crippen LogP contribution in [0.2, 0.25) is 0 Å². The fourth-order valence-corrected chi connectivity index (χ4v) is 4.70. The maximum Gasteiger partial charge on any atom is 0.192 e. The summed E-state index contributed by atoms with van der Waals surface area (Å²) in [5.74, 6) is 1.02. The molecule has 4 nitrogen and oxygen atoms in total. The zero-order chi connectivity index (χ0) is 17.9. The number of benzene rings is 1. The quantitative estimate of drug-likeness (QED) is 0.553. The summed E-state index contributed by atoms with van der Waals surface area (Å²) in [5.41, 5.74) is 2.42. The van der Waals surface area contributed by atoms with Crippen LogP contribution in [0.15, 0.2) is 46.9 Å². The highest BCUT2D eigenvalue weighted by Gasteiger charge is 2.30. The van der Waals surface area contributed by atoms with Crippen molar-refractivity contribution in [3.05, 3.63) is 63.6 Å². The fourth-order valence-electron chi connectivity index (χ4n) is 2.96. The SMILES string of the molecule is Cc1ccc(C[C@@H](C#N)Sc2nnc(Cc3cccs3)n2C2CC2)cc1. The van der Waals surface area contributed by atoms with Crippen LogP contribution in [0, 0.1) is 18.3 Å². The third-order valence-corrected chi connectivity index (χ3v) is 6.42. The fraction of sp³-hybridized carbons (Fsp3) is 0.350. The highest BCUT2D eigenvalue weighted by Crippen LogP contribution is 2.40. The van der Waals surface area contributed by atoms with Gasteiger partial charge in [-0.05, 0) is 43.2 Å². The van der Waals surface area contributed by atoms with E-state index in [2.05, 4.69) is 69.5 Å². The smallest absolute Gasteiger partial charge is 0.192 e. The number of rotatable bonds is 7. The van der Waals surface area contributed by atoms with Gasteiger partial charge >= 0.3 is 0 Å². The van der Waals surface area contributed by atoms with Gasteiger partial charge in [-0.25, -0.2) is 0 Å². The first-order valence-electron chi connectivity index (χ1n) is 8.81. The van der Waals surface area contributed by atoms with Gasteiger partial charge in [0.2, 0.25) is 0 Å². The lowest BCUT2D eigenvalue weighted by molar-refractivity contribution is 0.634. The van der Waals surface area contributed by atoms with E-state index in [1.165, 1.54) is 28.8 Å². The Morgan fingerprint density at radius 1 is 1.27 bits per heavy atom. The number of hydrogen-bond donors (Lipinski definition) is 0. The number of aromatic nitrogens is 3. The summed E-state index contributed by atoms with van der Waals surface area (Å²) in [6.45, 7) is 2.08. The van der Waals surface area contributed by atoms with E-state index >= 15 is 0 Å². The summed E-state index contributed by atoms with van der Waals surface area (Å²) >= 11 is 3.30.